The topological polar surface area (TPSA) is 40.5 Å². The summed E-state index contributed by atoms with van der Waals surface area (Å²) < 4.78 is 0. The summed E-state index contributed by atoms with van der Waals surface area (Å²) in [6.45, 7) is 10.2. The van der Waals surface area contributed by atoms with Gasteiger partial charge in [0, 0.05) is 5.92 Å². The van der Waals surface area contributed by atoms with E-state index in [1.807, 2.05) is 52.0 Å². The lowest BCUT2D eigenvalue weighted by molar-refractivity contribution is 0.464. The van der Waals surface area contributed by atoms with Crippen molar-refractivity contribution in [2.75, 3.05) is 0 Å². The average Bonchev–Trinajstić information content (AvgIpc) is 2.53. The third kappa shape index (κ3) is 4.07. The first-order valence-electron chi connectivity index (χ1n) is 8.71. The maximum absolute atomic E-state index is 10.2. The lowest BCUT2D eigenvalue weighted by Crippen LogP contribution is -2.04. The highest BCUT2D eigenvalue weighted by molar-refractivity contribution is 6.32. The number of phenolic OH excluding ortho intramolecular Hbond substituents is 2. The van der Waals surface area contributed by atoms with Crippen LogP contribution >= 0.6 is 23.2 Å². The smallest absolute Gasteiger partial charge is 0.137 e. The SMILES string of the molecule is CCC(c1cc(Cl)c(O)c(C(C)C)c1)c1cc(Cl)c(O)c(C(C)C)c1. The fourth-order valence-corrected chi connectivity index (χ4v) is 3.70. The Morgan fingerprint density at radius 2 is 1.12 bits per heavy atom. The highest BCUT2D eigenvalue weighted by Gasteiger charge is 2.21. The molecule has 0 bridgehead atoms. The van der Waals surface area contributed by atoms with Crippen LogP contribution in [-0.2, 0) is 0 Å². The molecule has 136 valence electrons. The van der Waals surface area contributed by atoms with Crippen molar-refractivity contribution >= 4 is 23.2 Å². The van der Waals surface area contributed by atoms with Gasteiger partial charge in [0.15, 0.2) is 0 Å². The van der Waals surface area contributed by atoms with Crippen molar-refractivity contribution in [3.63, 3.8) is 0 Å². The summed E-state index contributed by atoms with van der Waals surface area (Å²) in [5, 5.41) is 21.2. The summed E-state index contributed by atoms with van der Waals surface area (Å²) >= 11 is 12.5. The molecule has 2 aromatic rings. The summed E-state index contributed by atoms with van der Waals surface area (Å²) in [4.78, 5) is 0. The average molecular weight is 381 g/mol. The van der Waals surface area contributed by atoms with E-state index in [9.17, 15) is 10.2 Å². The third-order valence-corrected chi connectivity index (χ3v) is 5.26. The van der Waals surface area contributed by atoms with E-state index in [0.29, 0.717) is 10.0 Å². The van der Waals surface area contributed by atoms with Gasteiger partial charge in [-0.2, -0.15) is 0 Å². The van der Waals surface area contributed by atoms with Gasteiger partial charge in [-0.25, -0.2) is 0 Å². The largest absolute Gasteiger partial charge is 0.506 e. The van der Waals surface area contributed by atoms with Crippen molar-refractivity contribution in [2.24, 2.45) is 0 Å². The van der Waals surface area contributed by atoms with Crippen molar-refractivity contribution in [3.8, 4) is 11.5 Å². The Labute approximate surface area is 160 Å². The Morgan fingerprint density at radius 3 is 1.40 bits per heavy atom. The standard InChI is InChI=1S/C21H26Cl2O2/c1-6-15(13-7-16(11(2)3)20(24)18(22)9-13)14-8-17(12(4)5)21(25)19(23)10-14/h7-12,15,24-25H,6H2,1-5H3. The van der Waals surface area contributed by atoms with Crippen LogP contribution in [-0.4, -0.2) is 10.2 Å². The summed E-state index contributed by atoms with van der Waals surface area (Å²) in [5.74, 6) is 0.740. The number of hydrogen-bond donors (Lipinski definition) is 2. The van der Waals surface area contributed by atoms with E-state index >= 15 is 0 Å². The quantitative estimate of drug-likeness (QED) is 0.575. The van der Waals surface area contributed by atoms with Crippen LogP contribution in [0.4, 0.5) is 0 Å². The van der Waals surface area contributed by atoms with Crippen LogP contribution in [0.25, 0.3) is 0 Å². The summed E-state index contributed by atoms with van der Waals surface area (Å²) in [5.41, 5.74) is 3.78. The van der Waals surface area contributed by atoms with Crippen LogP contribution < -0.4 is 0 Å². The lowest BCUT2D eigenvalue weighted by Gasteiger charge is -2.22. The Morgan fingerprint density at radius 1 is 0.760 bits per heavy atom. The van der Waals surface area contributed by atoms with E-state index in [4.69, 9.17) is 23.2 Å². The maximum Gasteiger partial charge on any atom is 0.137 e. The molecule has 2 aromatic carbocycles. The summed E-state index contributed by atoms with van der Waals surface area (Å²) in [6, 6.07) is 7.70. The van der Waals surface area contributed by atoms with Crippen LogP contribution in [0.5, 0.6) is 11.5 Å². The third-order valence-electron chi connectivity index (χ3n) is 4.69. The first-order valence-corrected chi connectivity index (χ1v) is 9.47. The van der Waals surface area contributed by atoms with E-state index in [2.05, 4.69) is 6.92 Å². The van der Waals surface area contributed by atoms with Gasteiger partial charge in [-0.05, 0) is 52.6 Å². The van der Waals surface area contributed by atoms with Crippen molar-refractivity contribution in [1.29, 1.82) is 0 Å². The molecule has 0 aliphatic heterocycles. The highest BCUT2D eigenvalue weighted by atomic mass is 35.5. The molecular formula is C21H26Cl2O2. The first kappa shape index (κ1) is 19.9. The lowest BCUT2D eigenvalue weighted by atomic mass is 9.85. The Kier molecular flexibility index (Phi) is 6.29. The van der Waals surface area contributed by atoms with E-state index < -0.39 is 0 Å². The minimum absolute atomic E-state index is 0.0891. The van der Waals surface area contributed by atoms with Crippen LogP contribution in [0.3, 0.4) is 0 Å². The molecule has 0 atom stereocenters. The molecule has 0 radical (unpaired) electrons. The second-order valence-electron chi connectivity index (χ2n) is 7.15. The molecule has 2 rings (SSSR count). The van der Waals surface area contributed by atoms with Gasteiger partial charge < -0.3 is 10.2 Å². The molecule has 25 heavy (non-hydrogen) atoms. The Hall–Kier alpha value is -1.38. The van der Waals surface area contributed by atoms with Gasteiger partial charge in [0.25, 0.3) is 0 Å². The zero-order valence-corrected chi connectivity index (χ0v) is 16.9. The van der Waals surface area contributed by atoms with Gasteiger partial charge in [0.05, 0.1) is 10.0 Å². The van der Waals surface area contributed by atoms with E-state index in [1.54, 1.807) is 0 Å². The number of hydrogen-bond acceptors (Lipinski definition) is 2. The molecule has 0 spiro atoms. The Bertz CT molecular complexity index is 703. The van der Waals surface area contributed by atoms with Crippen molar-refractivity contribution in [3.05, 3.63) is 56.6 Å². The Balaban J connectivity index is 2.62. The number of rotatable bonds is 5. The molecule has 0 heterocycles. The zero-order chi connectivity index (χ0) is 18.9. The monoisotopic (exact) mass is 380 g/mol. The van der Waals surface area contributed by atoms with Gasteiger partial charge in [-0.1, -0.05) is 70.0 Å². The number of aromatic hydroxyl groups is 2. The molecule has 4 heteroatoms. The number of halogens is 2. The number of benzene rings is 2. The normalized spacial score (nSPS) is 11.8. The van der Waals surface area contributed by atoms with E-state index in [-0.39, 0.29) is 29.3 Å². The van der Waals surface area contributed by atoms with Crippen LogP contribution in [0.2, 0.25) is 10.0 Å². The first-order chi connectivity index (χ1) is 11.7. The molecule has 0 unspecified atom stereocenters. The molecule has 0 saturated heterocycles. The molecule has 0 saturated carbocycles. The van der Waals surface area contributed by atoms with Gasteiger partial charge in [-0.3, -0.25) is 0 Å². The zero-order valence-electron chi connectivity index (χ0n) is 15.4. The van der Waals surface area contributed by atoms with E-state index in [0.717, 1.165) is 28.7 Å². The molecule has 2 nitrogen and oxygen atoms in total. The van der Waals surface area contributed by atoms with Crippen molar-refractivity contribution in [1.82, 2.24) is 0 Å². The molecule has 0 fully saturated rings. The molecular weight excluding hydrogens is 355 g/mol. The molecule has 0 aliphatic rings. The summed E-state index contributed by atoms with van der Waals surface area (Å²) in [7, 11) is 0. The number of phenols is 2. The van der Waals surface area contributed by atoms with Crippen LogP contribution in [0, 0.1) is 0 Å². The van der Waals surface area contributed by atoms with Gasteiger partial charge >= 0.3 is 0 Å². The van der Waals surface area contributed by atoms with Gasteiger partial charge in [-0.15, -0.1) is 0 Å². The fraction of sp³-hybridized carbons (Fsp3) is 0.429. The molecule has 2 N–H and O–H groups in total. The van der Waals surface area contributed by atoms with Crippen LogP contribution in [0.1, 0.15) is 81.0 Å². The highest BCUT2D eigenvalue weighted by Crippen LogP contribution is 2.41. The minimum atomic E-state index is 0.0891. The summed E-state index contributed by atoms with van der Waals surface area (Å²) in [6.07, 6.45) is 0.858. The fourth-order valence-electron chi connectivity index (χ4n) is 3.23. The maximum atomic E-state index is 10.2. The molecule has 0 amide bonds. The second-order valence-corrected chi connectivity index (χ2v) is 7.97. The predicted octanol–water partition coefficient (Wildman–Crippen LogP) is 7.19. The van der Waals surface area contributed by atoms with Crippen molar-refractivity contribution in [2.45, 2.75) is 58.8 Å². The minimum Gasteiger partial charge on any atom is -0.506 e. The predicted molar refractivity (Wildman–Crippen MR) is 107 cm³/mol. The van der Waals surface area contributed by atoms with Gasteiger partial charge in [0.1, 0.15) is 11.5 Å². The van der Waals surface area contributed by atoms with E-state index in [1.165, 1.54) is 0 Å². The second kappa shape index (κ2) is 7.88. The molecule has 0 aliphatic carbocycles. The molecule has 0 aromatic heterocycles. The van der Waals surface area contributed by atoms with Crippen LogP contribution in [0.15, 0.2) is 24.3 Å². The van der Waals surface area contributed by atoms with Gasteiger partial charge in [0.2, 0.25) is 0 Å². The van der Waals surface area contributed by atoms with Crippen molar-refractivity contribution < 1.29 is 10.2 Å².